The lowest BCUT2D eigenvalue weighted by Gasteiger charge is -2.35. The smallest absolute Gasteiger partial charge is 0.247 e. The van der Waals surface area contributed by atoms with E-state index in [2.05, 4.69) is 25.7 Å². The first kappa shape index (κ1) is 21.2. The highest BCUT2D eigenvalue weighted by Gasteiger charge is 2.43. The van der Waals surface area contributed by atoms with E-state index in [0.29, 0.717) is 35.6 Å². The molecule has 33 heavy (non-hydrogen) atoms. The van der Waals surface area contributed by atoms with Crippen molar-refractivity contribution >= 4 is 23.4 Å². The maximum Gasteiger partial charge on any atom is 0.247 e. The Hall–Kier alpha value is -3.63. The van der Waals surface area contributed by atoms with Gasteiger partial charge in [-0.25, -0.2) is 18.2 Å². The van der Waals surface area contributed by atoms with Gasteiger partial charge in [0.1, 0.15) is 11.7 Å². The summed E-state index contributed by atoms with van der Waals surface area (Å²) in [6, 6.07) is 1.68. The number of nitrogens with zero attached hydrogens (tertiary/aromatic N) is 5. The third-order valence-electron chi connectivity index (χ3n) is 5.93. The highest BCUT2D eigenvalue weighted by atomic mass is 19.2. The van der Waals surface area contributed by atoms with Crippen LogP contribution in [0.25, 0.3) is 0 Å². The Bertz CT molecular complexity index is 1220. The molecule has 1 aliphatic carbocycles. The Morgan fingerprint density at radius 2 is 1.88 bits per heavy atom. The quantitative estimate of drug-likeness (QED) is 0.553. The number of aromatic nitrogens is 4. The predicted octanol–water partition coefficient (Wildman–Crippen LogP) is 3.23. The lowest BCUT2D eigenvalue weighted by molar-refractivity contribution is -0.118. The summed E-state index contributed by atoms with van der Waals surface area (Å²) in [5, 5.41) is 10.3. The molecule has 1 atom stereocenters. The van der Waals surface area contributed by atoms with Gasteiger partial charge in [0.15, 0.2) is 23.3 Å². The number of nitrogens with one attached hydrogen (secondary N) is 2. The van der Waals surface area contributed by atoms with Crippen LogP contribution in [0.4, 0.5) is 30.6 Å². The number of likely N-dealkylation sites (N-methyl/N-ethyl adjacent to an activating group) is 1. The predicted molar refractivity (Wildman–Crippen MR) is 115 cm³/mol. The summed E-state index contributed by atoms with van der Waals surface area (Å²) in [7, 11) is 1.88. The van der Waals surface area contributed by atoms with Crippen molar-refractivity contribution in [3.05, 3.63) is 58.8 Å². The van der Waals surface area contributed by atoms with Crippen LogP contribution in [0.1, 0.15) is 29.7 Å². The van der Waals surface area contributed by atoms with E-state index >= 15 is 0 Å². The van der Waals surface area contributed by atoms with Crippen LogP contribution in [0, 0.1) is 30.3 Å². The molecule has 1 saturated carbocycles. The molecule has 172 valence electrons. The van der Waals surface area contributed by atoms with Gasteiger partial charge in [-0.2, -0.15) is 10.1 Å². The Morgan fingerprint density at radius 3 is 2.58 bits per heavy atom. The Labute approximate surface area is 187 Å². The number of hydrogen-bond donors (Lipinski definition) is 2. The zero-order valence-electron chi connectivity index (χ0n) is 18.1. The molecule has 3 aromatic rings. The molecule has 2 aromatic heterocycles. The minimum Gasteiger partial charge on any atom is -0.350 e. The number of carbonyl (C=O) groups excluding carboxylic acids is 1. The lowest BCUT2D eigenvalue weighted by atomic mass is 10.1. The van der Waals surface area contributed by atoms with Crippen LogP contribution in [-0.4, -0.2) is 38.7 Å². The fraction of sp³-hybridized carbons (Fsp3) is 0.364. The number of aryl methyl sites for hydroxylation is 1. The molecule has 1 aliphatic heterocycles. The van der Waals surface area contributed by atoms with Crippen molar-refractivity contribution in [2.24, 2.45) is 5.92 Å². The molecule has 5 rings (SSSR count). The first-order valence-corrected chi connectivity index (χ1v) is 10.6. The highest BCUT2D eigenvalue weighted by molar-refractivity contribution is 6.03. The molecule has 0 radical (unpaired) electrons. The molecule has 2 aliphatic rings. The summed E-state index contributed by atoms with van der Waals surface area (Å²) in [4.78, 5) is 23.5. The first-order chi connectivity index (χ1) is 15.8. The van der Waals surface area contributed by atoms with Crippen LogP contribution < -0.4 is 15.5 Å². The van der Waals surface area contributed by atoms with Gasteiger partial charge in [0.2, 0.25) is 11.9 Å². The molecule has 2 N–H and O–H groups in total. The molecule has 0 bridgehead atoms. The van der Waals surface area contributed by atoms with Gasteiger partial charge in [-0.3, -0.25) is 9.48 Å². The molecule has 1 fully saturated rings. The molecule has 0 spiro atoms. The summed E-state index contributed by atoms with van der Waals surface area (Å²) < 4.78 is 41.5. The van der Waals surface area contributed by atoms with Gasteiger partial charge in [-0.15, -0.1) is 0 Å². The van der Waals surface area contributed by atoms with Crippen molar-refractivity contribution < 1.29 is 18.0 Å². The van der Waals surface area contributed by atoms with Crippen LogP contribution in [0.3, 0.4) is 0 Å². The van der Waals surface area contributed by atoms with Gasteiger partial charge >= 0.3 is 0 Å². The summed E-state index contributed by atoms with van der Waals surface area (Å²) in [5.74, 6) is -2.53. The zero-order chi connectivity index (χ0) is 23.3. The van der Waals surface area contributed by atoms with E-state index in [1.54, 1.807) is 12.4 Å². The van der Waals surface area contributed by atoms with Gasteiger partial charge in [-0.1, -0.05) is 0 Å². The average Bonchev–Trinajstić information content (AvgIpc) is 3.50. The summed E-state index contributed by atoms with van der Waals surface area (Å²) in [6.45, 7) is 2.28. The second kappa shape index (κ2) is 8.05. The van der Waals surface area contributed by atoms with Crippen LogP contribution in [0.2, 0.25) is 0 Å². The number of amides is 1. The van der Waals surface area contributed by atoms with E-state index in [9.17, 15) is 18.0 Å². The minimum atomic E-state index is -1.49. The Morgan fingerprint density at radius 1 is 1.15 bits per heavy atom. The topological polar surface area (TPSA) is 88.0 Å². The van der Waals surface area contributed by atoms with E-state index in [-0.39, 0.29) is 24.1 Å². The molecule has 8 nitrogen and oxygen atoms in total. The Kier molecular flexibility index (Phi) is 5.18. The SMILES string of the molecule is Cc1nc(NCc2cnn(Cc3cc(F)c(F)c(F)c3)c2)nc2c1NC(=O)C(C1CC1)N2C. The van der Waals surface area contributed by atoms with Gasteiger partial charge in [0.25, 0.3) is 0 Å². The summed E-state index contributed by atoms with van der Waals surface area (Å²) in [6.07, 6.45) is 5.40. The van der Waals surface area contributed by atoms with Crippen molar-refractivity contribution in [3.63, 3.8) is 0 Å². The van der Waals surface area contributed by atoms with Crippen LogP contribution in [0.5, 0.6) is 0 Å². The molecular weight excluding hydrogens is 435 g/mol. The number of halogens is 3. The zero-order valence-corrected chi connectivity index (χ0v) is 18.1. The molecule has 0 saturated heterocycles. The molecule has 1 unspecified atom stereocenters. The van der Waals surface area contributed by atoms with E-state index in [1.165, 1.54) is 4.68 Å². The standard InChI is InChI=1S/C22H22F3N7O/c1-11-18-20(31(2)19(14-3-4-14)21(33)29-18)30-22(28-11)26-7-13-8-27-32(10-13)9-12-5-15(23)17(25)16(24)6-12/h5-6,8,10,14,19H,3-4,7,9H2,1-2H3,(H,29,33)(H,26,28,30). The van der Waals surface area contributed by atoms with Gasteiger partial charge < -0.3 is 15.5 Å². The third-order valence-corrected chi connectivity index (χ3v) is 5.93. The summed E-state index contributed by atoms with van der Waals surface area (Å²) >= 11 is 0. The number of hydrogen-bond acceptors (Lipinski definition) is 6. The molecular formula is C22H22F3N7O. The summed E-state index contributed by atoms with van der Waals surface area (Å²) in [5.41, 5.74) is 2.34. The fourth-order valence-corrected chi connectivity index (χ4v) is 4.14. The fourth-order valence-electron chi connectivity index (χ4n) is 4.14. The van der Waals surface area contributed by atoms with E-state index in [1.807, 2.05) is 18.9 Å². The van der Waals surface area contributed by atoms with Gasteiger partial charge in [0, 0.05) is 25.4 Å². The maximum absolute atomic E-state index is 13.4. The van der Waals surface area contributed by atoms with E-state index in [0.717, 1.165) is 30.5 Å². The van der Waals surface area contributed by atoms with E-state index in [4.69, 9.17) is 0 Å². The minimum absolute atomic E-state index is 0.0201. The van der Waals surface area contributed by atoms with Crippen LogP contribution >= 0.6 is 0 Å². The molecule has 11 heteroatoms. The number of fused-ring (bicyclic) bond motifs is 1. The number of carbonyl (C=O) groups is 1. The number of rotatable bonds is 6. The normalized spacial score (nSPS) is 17.7. The first-order valence-electron chi connectivity index (χ1n) is 10.6. The highest BCUT2D eigenvalue weighted by Crippen LogP contribution is 2.41. The molecule has 1 amide bonds. The van der Waals surface area contributed by atoms with Crippen molar-refractivity contribution in [2.75, 3.05) is 22.6 Å². The van der Waals surface area contributed by atoms with Gasteiger partial charge in [0.05, 0.1) is 18.4 Å². The van der Waals surface area contributed by atoms with Crippen molar-refractivity contribution in [2.45, 2.75) is 38.9 Å². The number of anilines is 3. The van der Waals surface area contributed by atoms with Crippen LogP contribution in [-0.2, 0) is 17.9 Å². The van der Waals surface area contributed by atoms with E-state index < -0.39 is 17.5 Å². The third kappa shape index (κ3) is 4.10. The monoisotopic (exact) mass is 457 g/mol. The largest absolute Gasteiger partial charge is 0.350 e. The maximum atomic E-state index is 13.4. The van der Waals surface area contributed by atoms with Crippen molar-refractivity contribution in [1.29, 1.82) is 0 Å². The molecule has 3 heterocycles. The second-order valence-corrected chi connectivity index (χ2v) is 8.49. The van der Waals surface area contributed by atoms with Gasteiger partial charge in [-0.05, 0) is 43.4 Å². The number of benzene rings is 1. The molecule has 1 aromatic carbocycles. The van der Waals surface area contributed by atoms with Crippen LogP contribution in [0.15, 0.2) is 24.5 Å². The Balaban J connectivity index is 1.28. The van der Waals surface area contributed by atoms with Crippen molar-refractivity contribution in [1.82, 2.24) is 19.7 Å². The second-order valence-electron chi connectivity index (χ2n) is 8.49. The lowest BCUT2D eigenvalue weighted by Crippen LogP contribution is -2.48. The average molecular weight is 457 g/mol. The van der Waals surface area contributed by atoms with Crippen molar-refractivity contribution in [3.8, 4) is 0 Å².